The average molecular weight is 683 g/mol. The van der Waals surface area contributed by atoms with Crippen molar-refractivity contribution < 1.29 is 18.8 Å². The van der Waals surface area contributed by atoms with Gasteiger partial charge in [-0.3, -0.25) is 24.7 Å². The molecule has 5 heterocycles. The second kappa shape index (κ2) is 14.0. The number of nitrogens with zero attached hydrogens (tertiary/aromatic N) is 8. The predicted octanol–water partition coefficient (Wildman–Crippen LogP) is 5.07. The van der Waals surface area contributed by atoms with Crippen molar-refractivity contribution in [3.8, 4) is 0 Å². The largest absolute Gasteiger partial charge is 0.370 e. The molecule has 3 aromatic heterocycles. The third-order valence-corrected chi connectivity index (χ3v) is 10.2. The van der Waals surface area contributed by atoms with Gasteiger partial charge in [0.2, 0.25) is 11.9 Å². The monoisotopic (exact) mass is 682 g/mol. The van der Waals surface area contributed by atoms with Crippen LogP contribution in [0.15, 0.2) is 48.8 Å². The number of benzene rings is 1. The van der Waals surface area contributed by atoms with Gasteiger partial charge >= 0.3 is 6.03 Å². The number of hydrogen-bond donors (Lipinski definition) is 2. The first-order chi connectivity index (χ1) is 24.1. The number of imide groups is 1. The fourth-order valence-corrected chi connectivity index (χ4v) is 7.36. The highest BCUT2D eigenvalue weighted by molar-refractivity contribution is 6.05. The molecular formula is C36H43FN10O3. The van der Waals surface area contributed by atoms with Crippen molar-refractivity contribution in [2.75, 3.05) is 55.9 Å². The maximum absolute atomic E-state index is 15.1. The molecule has 7 rings (SSSR count). The van der Waals surface area contributed by atoms with Gasteiger partial charge in [0.05, 0.1) is 11.9 Å². The minimum Gasteiger partial charge on any atom is -0.370 e. The van der Waals surface area contributed by atoms with Gasteiger partial charge in [0.25, 0.3) is 5.91 Å². The SMILES string of the molecule is CN(C)C(=O)c1cc2cnc(Nc3ccc(N4CCC(N(C)Cc5ccc(N6CCC(=O)NC6=O)cc5F)CC4)cn3)nc2n1C1CCCC1. The van der Waals surface area contributed by atoms with Crippen molar-refractivity contribution >= 4 is 52.0 Å². The third kappa shape index (κ3) is 6.84. The Kier molecular flexibility index (Phi) is 9.36. The predicted molar refractivity (Wildman–Crippen MR) is 189 cm³/mol. The number of carbonyl (C=O) groups excluding carboxylic acids is 3. The van der Waals surface area contributed by atoms with E-state index in [9.17, 15) is 14.4 Å². The van der Waals surface area contributed by atoms with E-state index in [1.165, 1.54) is 11.0 Å². The van der Waals surface area contributed by atoms with E-state index in [4.69, 9.17) is 4.98 Å². The van der Waals surface area contributed by atoms with Crippen molar-refractivity contribution in [3.05, 3.63) is 65.9 Å². The molecule has 3 fully saturated rings. The first-order valence-electron chi connectivity index (χ1n) is 17.3. The summed E-state index contributed by atoms with van der Waals surface area (Å²) in [6.07, 6.45) is 10.00. The maximum atomic E-state index is 15.1. The van der Waals surface area contributed by atoms with Crippen LogP contribution in [0.5, 0.6) is 0 Å². The van der Waals surface area contributed by atoms with Gasteiger partial charge in [0.15, 0.2) is 0 Å². The second-order valence-corrected chi connectivity index (χ2v) is 13.7. The van der Waals surface area contributed by atoms with Crippen molar-refractivity contribution in [2.45, 2.75) is 63.6 Å². The lowest BCUT2D eigenvalue weighted by atomic mass is 10.0. The van der Waals surface area contributed by atoms with Crippen LogP contribution in [0.25, 0.3) is 11.0 Å². The Labute approximate surface area is 290 Å². The minimum atomic E-state index is -0.524. The number of amides is 4. The summed E-state index contributed by atoms with van der Waals surface area (Å²) in [7, 11) is 5.55. The topological polar surface area (TPSA) is 132 Å². The molecule has 2 aliphatic heterocycles. The Morgan fingerprint density at radius 3 is 2.40 bits per heavy atom. The van der Waals surface area contributed by atoms with Gasteiger partial charge in [0.1, 0.15) is 23.0 Å². The van der Waals surface area contributed by atoms with E-state index in [2.05, 4.69) is 35.0 Å². The van der Waals surface area contributed by atoms with Gasteiger partial charge in [-0.2, -0.15) is 4.98 Å². The lowest BCUT2D eigenvalue weighted by Gasteiger charge is -2.38. The number of aromatic nitrogens is 4. The molecule has 14 heteroatoms. The summed E-state index contributed by atoms with van der Waals surface area (Å²) >= 11 is 0. The van der Waals surface area contributed by atoms with Crippen LogP contribution in [-0.4, -0.2) is 94.0 Å². The van der Waals surface area contributed by atoms with E-state index in [1.807, 2.05) is 31.4 Å². The van der Waals surface area contributed by atoms with Gasteiger partial charge in [-0.15, -0.1) is 0 Å². The molecule has 0 unspecified atom stereocenters. The van der Waals surface area contributed by atoms with E-state index in [-0.39, 0.29) is 36.6 Å². The fourth-order valence-electron chi connectivity index (χ4n) is 7.36. The zero-order valence-corrected chi connectivity index (χ0v) is 28.7. The molecule has 262 valence electrons. The van der Waals surface area contributed by atoms with Gasteiger partial charge in [-0.25, -0.2) is 19.2 Å². The Morgan fingerprint density at radius 1 is 0.960 bits per heavy atom. The molecular weight excluding hydrogens is 639 g/mol. The molecule has 1 aromatic carbocycles. The molecule has 50 heavy (non-hydrogen) atoms. The van der Waals surface area contributed by atoms with Crippen LogP contribution in [0, 0.1) is 5.82 Å². The molecule has 0 bridgehead atoms. The highest BCUT2D eigenvalue weighted by atomic mass is 19.1. The van der Waals surface area contributed by atoms with Crippen LogP contribution in [0.2, 0.25) is 0 Å². The molecule has 2 saturated heterocycles. The lowest BCUT2D eigenvalue weighted by Crippen LogP contribution is -2.49. The Morgan fingerprint density at radius 2 is 1.72 bits per heavy atom. The molecule has 4 aromatic rings. The highest BCUT2D eigenvalue weighted by Gasteiger charge is 2.28. The number of carbonyl (C=O) groups is 3. The summed E-state index contributed by atoms with van der Waals surface area (Å²) in [5.74, 6) is 0.342. The summed E-state index contributed by atoms with van der Waals surface area (Å²) in [4.78, 5) is 58.2. The first kappa shape index (κ1) is 33.4. The summed E-state index contributed by atoms with van der Waals surface area (Å²) < 4.78 is 17.2. The molecule has 2 N–H and O–H groups in total. The van der Waals surface area contributed by atoms with Gasteiger partial charge in [-0.05, 0) is 63.1 Å². The number of nitrogens with one attached hydrogen (secondary N) is 2. The number of anilines is 4. The number of urea groups is 1. The molecule has 0 spiro atoms. The van der Waals surface area contributed by atoms with Crippen molar-refractivity contribution in [1.82, 2.24) is 34.6 Å². The van der Waals surface area contributed by atoms with Crippen LogP contribution < -0.4 is 20.4 Å². The van der Waals surface area contributed by atoms with E-state index < -0.39 is 6.03 Å². The van der Waals surface area contributed by atoms with Crippen molar-refractivity contribution in [2.24, 2.45) is 0 Å². The third-order valence-electron chi connectivity index (χ3n) is 10.2. The number of halogens is 1. The number of hydrogen-bond acceptors (Lipinski definition) is 9. The van der Waals surface area contributed by atoms with E-state index in [0.717, 1.165) is 68.3 Å². The molecule has 13 nitrogen and oxygen atoms in total. The number of fused-ring (bicyclic) bond motifs is 1. The van der Waals surface area contributed by atoms with E-state index >= 15 is 4.39 Å². The summed E-state index contributed by atoms with van der Waals surface area (Å²) in [5, 5.41) is 6.37. The van der Waals surface area contributed by atoms with Crippen LogP contribution in [0.1, 0.15) is 67.0 Å². The lowest BCUT2D eigenvalue weighted by molar-refractivity contribution is -0.120. The van der Waals surface area contributed by atoms with Crippen LogP contribution in [0.3, 0.4) is 0 Å². The average Bonchev–Trinajstić information content (AvgIpc) is 3.77. The summed E-state index contributed by atoms with van der Waals surface area (Å²) in [6.45, 7) is 2.38. The van der Waals surface area contributed by atoms with Crippen LogP contribution >= 0.6 is 0 Å². The summed E-state index contributed by atoms with van der Waals surface area (Å²) in [6, 6.07) is 10.7. The Bertz CT molecular complexity index is 1900. The van der Waals surface area contributed by atoms with E-state index in [0.29, 0.717) is 41.3 Å². The quantitative estimate of drug-likeness (QED) is 0.248. The molecule has 3 aliphatic rings. The molecule has 0 radical (unpaired) electrons. The number of piperidine rings is 1. The van der Waals surface area contributed by atoms with Crippen LogP contribution in [-0.2, 0) is 11.3 Å². The minimum absolute atomic E-state index is 0.0388. The maximum Gasteiger partial charge on any atom is 0.328 e. The molecule has 4 amide bonds. The normalized spacial score (nSPS) is 17.5. The first-order valence-corrected chi connectivity index (χ1v) is 17.3. The Balaban J connectivity index is 0.955. The zero-order valence-electron chi connectivity index (χ0n) is 28.7. The second-order valence-electron chi connectivity index (χ2n) is 13.7. The number of pyridine rings is 1. The molecule has 0 atom stereocenters. The highest BCUT2D eigenvalue weighted by Crippen LogP contribution is 2.35. The van der Waals surface area contributed by atoms with Crippen molar-refractivity contribution in [1.29, 1.82) is 0 Å². The van der Waals surface area contributed by atoms with E-state index in [1.54, 1.807) is 37.3 Å². The molecule has 1 aliphatic carbocycles. The van der Waals surface area contributed by atoms with Gasteiger partial charge in [0, 0.05) is 81.6 Å². The standard InChI is InChI=1S/C36H43FN10O3/c1-43(2)34(49)30-18-24-20-39-35(42-33(24)47(30)26-6-4-5-7-26)40-31-11-10-28(21-38-31)45-15-12-25(13-16-45)44(3)22-23-8-9-27(19-29(23)37)46-17-14-32(48)41-36(46)50/h8-11,18-21,25-26H,4-7,12-17,22H2,1-3H3,(H,41,48,50)(H,38,39,40,42). The smallest absolute Gasteiger partial charge is 0.328 e. The summed E-state index contributed by atoms with van der Waals surface area (Å²) in [5.41, 5.74) is 3.44. The van der Waals surface area contributed by atoms with Crippen LogP contribution in [0.4, 0.5) is 32.3 Å². The number of rotatable bonds is 9. The van der Waals surface area contributed by atoms with Gasteiger partial charge < -0.3 is 19.7 Å². The van der Waals surface area contributed by atoms with Gasteiger partial charge in [-0.1, -0.05) is 18.9 Å². The molecule has 1 saturated carbocycles. The zero-order chi connectivity index (χ0) is 34.9. The Hall–Kier alpha value is -5.11. The van der Waals surface area contributed by atoms with Crippen molar-refractivity contribution in [3.63, 3.8) is 0 Å². The fraction of sp³-hybridized carbons (Fsp3) is 0.444.